The smallest absolute Gasteiger partial charge is 0.306 e. The number of carbonyl (C=O) groups is 3. The van der Waals surface area contributed by atoms with Gasteiger partial charge in [0.05, 0.1) is 28.3 Å². The molecule has 1 aromatic carbocycles. The van der Waals surface area contributed by atoms with Crippen LogP contribution in [0.2, 0.25) is 10.0 Å². The highest BCUT2D eigenvalue weighted by Gasteiger charge is 2.72. The number of hydrogen-bond acceptors (Lipinski definition) is 4. The number of ether oxygens (including phenoxy) is 1. The second-order valence-electron chi connectivity index (χ2n) is 20.0. The summed E-state index contributed by atoms with van der Waals surface area (Å²) in [5, 5.41) is 13.7. The highest BCUT2D eigenvalue weighted by atomic mass is 35.5. The van der Waals surface area contributed by atoms with Gasteiger partial charge in [-0.2, -0.15) is 0 Å². The van der Waals surface area contributed by atoms with E-state index in [9.17, 15) is 19.5 Å². The van der Waals surface area contributed by atoms with Crippen LogP contribution in [-0.4, -0.2) is 29.1 Å². The van der Waals surface area contributed by atoms with E-state index in [-0.39, 0.29) is 58.4 Å². The molecule has 8 heteroatoms. The van der Waals surface area contributed by atoms with E-state index in [0.29, 0.717) is 40.3 Å². The fourth-order valence-corrected chi connectivity index (χ4v) is 14.1. The van der Waals surface area contributed by atoms with Crippen molar-refractivity contribution in [2.75, 3.05) is 0 Å². The van der Waals surface area contributed by atoms with Gasteiger partial charge in [-0.05, 0) is 140 Å². The van der Waals surface area contributed by atoms with E-state index in [2.05, 4.69) is 53.4 Å². The molecule has 0 spiro atoms. The Kier molecular flexibility index (Phi) is 10.4. The van der Waals surface area contributed by atoms with Crippen molar-refractivity contribution in [1.29, 1.82) is 0 Å². The lowest BCUT2D eigenvalue weighted by molar-refractivity contribution is -0.249. The van der Waals surface area contributed by atoms with Crippen molar-refractivity contribution >= 4 is 41.0 Å². The van der Waals surface area contributed by atoms with Crippen LogP contribution in [0.5, 0.6) is 0 Å². The fraction of sp³-hybridized carbons (Fsp3) is 0.750. The zero-order valence-corrected chi connectivity index (χ0v) is 34.4. The molecule has 1 amide bonds. The van der Waals surface area contributed by atoms with Crippen molar-refractivity contribution < 1.29 is 24.2 Å². The molecule has 6 nitrogen and oxygen atoms in total. The maximum atomic E-state index is 14.5. The predicted octanol–water partition coefficient (Wildman–Crippen LogP) is 11.1. The number of benzene rings is 1. The third-order valence-corrected chi connectivity index (χ3v) is 17.2. The highest BCUT2D eigenvalue weighted by Crippen LogP contribution is 2.77. The summed E-state index contributed by atoms with van der Waals surface area (Å²) < 4.78 is 6.27. The van der Waals surface area contributed by atoms with Gasteiger partial charge < -0.3 is 15.2 Å². The van der Waals surface area contributed by atoms with Gasteiger partial charge in [-0.25, -0.2) is 0 Å². The molecule has 6 rings (SSSR count). The van der Waals surface area contributed by atoms with Crippen LogP contribution in [0.1, 0.15) is 138 Å². The van der Waals surface area contributed by atoms with Crippen LogP contribution >= 0.6 is 23.2 Å². The van der Waals surface area contributed by atoms with Crippen LogP contribution in [0.15, 0.2) is 30.4 Å². The average Bonchev–Trinajstić information content (AvgIpc) is 3.44. The van der Waals surface area contributed by atoms with E-state index in [4.69, 9.17) is 27.9 Å². The number of amides is 1. The number of rotatable bonds is 9. The standard InChI is InChI=1S/C44H63Cl2NO5/c1-26(2)28-14-19-44(38(51)47-25-27-10-12-30(45)31(46)22-27)21-20-42(8)29(37(28)44)11-13-33-41(7)17-16-34(40(5,6)32(41)15-18-43(33,42)9)52-36(50)24-39(3,4)23-35(48)49/h10,12,22,28-29,32-34,37H,1,11,13-21,23-25H2,2-9H3,(H,47,51)(H,48,49)/t28-,29+,32-,33+,34-,37+,41-,42+,43+,44-/m0/s1. The van der Waals surface area contributed by atoms with Gasteiger partial charge in [-0.1, -0.05) is 89.9 Å². The third-order valence-electron chi connectivity index (χ3n) is 16.4. The van der Waals surface area contributed by atoms with Gasteiger partial charge in [0.15, 0.2) is 0 Å². The Balaban J connectivity index is 1.23. The number of aliphatic carboxylic acids is 1. The number of hydrogen-bond donors (Lipinski definition) is 2. The molecule has 2 N–H and O–H groups in total. The summed E-state index contributed by atoms with van der Waals surface area (Å²) in [6.07, 6.45) is 10.2. The summed E-state index contributed by atoms with van der Waals surface area (Å²) in [5.41, 5.74) is 1.29. The number of allylic oxidation sites excluding steroid dienone is 1. The molecule has 1 aromatic rings. The second kappa shape index (κ2) is 13.6. The van der Waals surface area contributed by atoms with Gasteiger partial charge in [-0.3, -0.25) is 14.4 Å². The van der Waals surface area contributed by atoms with Gasteiger partial charge in [-0.15, -0.1) is 0 Å². The topological polar surface area (TPSA) is 92.7 Å². The number of halogens is 2. The van der Waals surface area contributed by atoms with Crippen molar-refractivity contribution in [3.8, 4) is 0 Å². The van der Waals surface area contributed by atoms with E-state index < -0.39 is 16.8 Å². The minimum atomic E-state index is -0.893. The molecule has 5 saturated carbocycles. The number of carboxylic acid groups (broad SMARTS) is 1. The molecule has 5 fully saturated rings. The second-order valence-corrected chi connectivity index (χ2v) is 20.8. The molecule has 0 unspecified atom stereocenters. The number of carboxylic acids is 1. The number of esters is 1. The fourth-order valence-electron chi connectivity index (χ4n) is 13.8. The lowest BCUT2D eigenvalue weighted by Gasteiger charge is -2.72. The molecule has 0 aliphatic heterocycles. The first-order valence-corrected chi connectivity index (χ1v) is 20.7. The summed E-state index contributed by atoms with van der Waals surface area (Å²) in [5.74, 6) is 1.05. The van der Waals surface area contributed by atoms with Crippen LogP contribution in [0.3, 0.4) is 0 Å². The number of carbonyl (C=O) groups excluding carboxylic acids is 2. The zero-order valence-electron chi connectivity index (χ0n) is 32.9. The van der Waals surface area contributed by atoms with E-state index in [0.717, 1.165) is 69.8 Å². The number of nitrogens with one attached hydrogen (secondary N) is 1. The van der Waals surface area contributed by atoms with E-state index in [1.807, 2.05) is 26.0 Å². The molecule has 0 aromatic heterocycles. The lowest BCUT2D eigenvalue weighted by atomic mass is 9.32. The summed E-state index contributed by atoms with van der Waals surface area (Å²) in [7, 11) is 0. The molecule has 5 aliphatic rings. The largest absolute Gasteiger partial charge is 0.481 e. The summed E-state index contributed by atoms with van der Waals surface area (Å²) in [6, 6.07) is 5.59. The molecule has 288 valence electrons. The Bertz CT molecular complexity index is 1620. The first-order chi connectivity index (χ1) is 24.1. The molecule has 0 heterocycles. The van der Waals surface area contributed by atoms with Gasteiger partial charge in [0.2, 0.25) is 5.91 Å². The van der Waals surface area contributed by atoms with Crippen molar-refractivity contribution in [3.05, 3.63) is 46.0 Å². The molecule has 52 heavy (non-hydrogen) atoms. The SMILES string of the molecule is C=C(C)[C@@H]1CC[C@]2(C(=O)NCc3ccc(Cl)c(Cl)c3)CC[C@]3(C)[C@H](CC[C@@H]4[C@@]5(C)CC[C@H](OC(=O)CC(C)(C)CC(=O)O)C(C)(C)[C@@H]5CC[C@]43C)[C@@H]12. The minimum Gasteiger partial charge on any atom is -0.481 e. The van der Waals surface area contributed by atoms with Crippen molar-refractivity contribution in [3.63, 3.8) is 0 Å². The molecular weight excluding hydrogens is 693 g/mol. The van der Waals surface area contributed by atoms with Crippen LogP contribution in [0, 0.1) is 62.1 Å². The highest BCUT2D eigenvalue weighted by molar-refractivity contribution is 6.42. The van der Waals surface area contributed by atoms with Crippen molar-refractivity contribution in [2.45, 2.75) is 145 Å². The summed E-state index contributed by atoms with van der Waals surface area (Å²) in [4.78, 5) is 39.1. The molecule has 10 atom stereocenters. The van der Waals surface area contributed by atoms with Crippen LogP contribution in [-0.2, 0) is 25.7 Å². The first kappa shape index (κ1) is 39.6. The van der Waals surface area contributed by atoms with Crippen LogP contribution in [0.25, 0.3) is 0 Å². The van der Waals surface area contributed by atoms with Gasteiger partial charge in [0.1, 0.15) is 6.10 Å². The normalized spacial score (nSPS) is 39.3. The van der Waals surface area contributed by atoms with Crippen molar-refractivity contribution in [1.82, 2.24) is 5.32 Å². The third kappa shape index (κ3) is 6.36. The van der Waals surface area contributed by atoms with E-state index in [1.54, 1.807) is 6.07 Å². The van der Waals surface area contributed by atoms with Gasteiger partial charge in [0, 0.05) is 12.0 Å². The van der Waals surface area contributed by atoms with Gasteiger partial charge in [0.25, 0.3) is 0 Å². The summed E-state index contributed by atoms with van der Waals surface area (Å²) in [6.45, 7) is 23.2. The molecule has 0 saturated heterocycles. The van der Waals surface area contributed by atoms with Gasteiger partial charge >= 0.3 is 11.9 Å². The molecule has 5 aliphatic carbocycles. The summed E-state index contributed by atoms with van der Waals surface area (Å²) >= 11 is 12.5. The molecule has 0 bridgehead atoms. The Morgan fingerprint density at radius 2 is 1.60 bits per heavy atom. The number of fused-ring (bicyclic) bond motifs is 7. The minimum absolute atomic E-state index is 0.0601. The van der Waals surface area contributed by atoms with E-state index >= 15 is 0 Å². The lowest BCUT2D eigenvalue weighted by Crippen LogP contribution is -2.67. The quantitative estimate of drug-likeness (QED) is 0.193. The van der Waals surface area contributed by atoms with Crippen LogP contribution in [0.4, 0.5) is 0 Å². The monoisotopic (exact) mass is 755 g/mol. The Hall–Kier alpha value is -2.05. The molecular formula is C44H63Cl2NO5. The van der Waals surface area contributed by atoms with Crippen molar-refractivity contribution in [2.24, 2.45) is 62.1 Å². The molecule has 0 radical (unpaired) electrons. The maximum Gasteiger partial charge on any atom is 0.306 e. The van der Waals surface area contributed by atoms with Crippen LogP contribution < -0.4 is 5.32 Å². The average molecular weight is 757 g/mol. The maximum absolute atomic E-state index is 14.5. The Labute approximate surface area is 322 Å². The first-order valence-electron chi connectivity index (χ1n) is 19.9. The predicted molar refractivity (Wildman–Crippen MR) is 208 cm³/mol. The Morgan fingerprint density at radius 1 is 0.885 bits per heavy atom. The zero-order chi connectivity index (χ0) is 38.2. The Morgan fingerprint density at radius 3 is 2.25 bits per heavy atom. The van der Waals surface area contributed by atoms with E-state index in [1.165, 1.54) is 5.57 Å².